The van der Waals surface area contributed by atoms with Crippen molar-refractivity contribution in [3.05, 3.63) is 64.7 Å². The summed E-state index contributed by atoms with van der Waals surface area (Å²) >= 11 is 0. The van der Waals surface area contributed by atoms with Crippen molar-refractivity contribution in [2.45, 2.75) is 77.7 Å². The van der Waals surface area contributed by atoms with Crippen molar-refractivity contribution in [3.63, 3.8) is 0 Å². The van der Waals surface area contributed by atoms with E-state index in [1.807, 2.05) is 31.2 Å². The zero-order valence-electron chi connectivity index (χ0n) is 19.2. The number of aryl methyl sites for hydroxylation is 1. The Hall–Kier alpha value is -2.13. The molecule has 0 atom stereocenters. The van der Waals surface area contributed by atoms with Crippen LogP contribution in [-0.4, -0.2) is 25.0 Å². The predicted molar refractivity (Wildman–Crippen MR) is 127 cm³/mol. The molecule has 2 aromatic carbocycles. The fourth-order valence-corrected chi connectivity index (χ4v) is 5.56. The van der Waals surface area contributed by atoms with Gasteiger partial charge in [0.15, 0.2) is 5.78 Å². The Labute approximate surface area is 187 Å². The zero-order valence-corrected chi connectivity index (χ0v) is 19.2. The first-order valence-electron chi connectivity index (χ1n) is 12.2. The van der Waals surface area contributed by atoms with Gasteiger partial charge in [-0.25, -0.2) is 0 Å². The molecule has 0 aromatic heterocycles. The third-order valence-electron chi connectivity index (χ3n) is 7.36. The molecule has 31 heavy (non-hydrogen) atoms. The fourth-order valence-electron chi connectivity index (χ4n) is 5.56. The van der Waals surface area contributed by atoms with E-state index in [1.54, 1.807) is 11.1 Å². The quantitative estimate of drug-likeness (QED) is 0.404. The van der Waals surface area contributed by atoms with Crippen LogP contribution < -0.4 is 10.1 Å². The largest absolute Gasteiger partial charge is 0.493 e. The van der Waals surface area contributed by atoms with E-state index in [0.717, 1.165) is 24.9 Å². The number of ether oxygens (including phenoxy) is 1. The lowest BCUT2D eigenvalue weighted by Crippen LogP contribution is -2.38. The van der Waals surface area contributed by atoms with Crippen molar-refractivity contribution in [1.82, 2.24) is 5.32 Å². The summed E-state index contributed by atoms with van der Waals surface area (Å²) in [6, 6.07) is 15.4. The van der Waals surface area contributed by atoms with E-state index < -0.39 is 0 Å². The van der Waals surface area contributed by atoms with Crippen molar-refractivity contribution in [2.24, 2.45) is 5.41 Å². The number of Topliss-reactive ketones (excluding diaryl/α,β-unsaturated/α-hetero) is 1. The molecular weight excluding hydrogens is 382 g/mol. The second kappa shape index (κ2) is 9.99. The molecule has 0 bridgehead atoms. The highest BCUT2D eigenvalue weighted by atomic mass is 16.5. The Morgan fingerprint density at radius 3 is 2.61 bits per heavy atom. The summed E-state index contributed by atoms with van der Waals surface area (Å²) in [5.74, 6) is 0.896. The van der Waals surface area contributed by atoms with Gasteiger partial charge in [-0.3, -0.25) is 4.79 Å². The Bertz CT molecular complexity index is 896. The number of hydrogen-bond donors (Lipinski definition) is 1. The first-order chi connectivity index (χ1) is 15.1. The summed E-state index contributed by atoms with van der Waals surface area (Å²) in [5.41, 5.74) is 5.90. The van der Waals surface area contributed by atoms with Gasteiger partial charge in [0, 0.05) is 12.5 Å². The van der Waals surface area contributed by atoms with Crippen LogP contribution in [0.25, 0.3) is 0 Å². The number of carbonyl (C=O) groups is 1. The molecule has 2 aromatic rings. The van der Waals surface area contributed by atoms with Gasteiger partial charge in [0.05, 0.1) is 12.2 Å². The zero-order chi connectivity index (χ0) is 21.7. The molecule has 0 saturated heterocycles. The second-order valence-corrected chi connectivity index (χ2v) is 9.49. The van der Waals surface area contributed by atoms with E-state index in [4.69, 9.17) is 4.74 Å². The van der Waals surface area contributed by atoms with Gasteiger partial charge in [-0.05, 0) is 99.1 Å². The summed E-state index contributed by atoms with van der Waals surface area (Å²) in [6.07, 6.45) is 10.3. The minimum atomic E-state index is 0.184. The van der Waals surface area contributed by atoms with Crippen LogP contribution in [0.1, 0.15) is 79.4 Å². The SMILES string of the molecule is CCOc1ccccc1C(=O)CCCNC1CCC2(CC1)Cc1ccc(CC)cc1C2. The topological polar surface area (TPSA) is 38.3 Å². The highest BCUT2D eigenvalue weighted by molar-refractivity contribution is 5.98. The van der Waals surface area contributed by atoms with Crippen LogP contribution in [0.2, 0.25) is 0 Å². The molecule has 2 aliphatic carbocycles. The first kappa shape index (κ1) is 22.1. The summed E-state index contributed by atoms with van der Waals surface area (Å²) < 4.78 is 5.61. The minimum Gasteiger partial charge on any atom is -0.493 e. The van der Waals surface area contributed by atoms with Crippen LogP contribution in [0.4, 0.5) is 0 Å². The van der Waals surface area contributed by atoms with Gasteiger partial charge in [0.25, 0.3) is 0 Å². The molecule has 1 saturated carbocycles. The third-order valence-corrected chi connectivity index (χ3v) is 7.36. The molecule has 1 spiro atoms. The number of para-hydroxylation sites is 1. The number of fused-ring (bicyclic) bond motifs is 1. The van der Waals surface area contributed by atoms with E-state index in [9.17, 15) is 4.79 Å². The molecule has 2 aliphatic rings. The van der Waals surface area contributed by atoms with Gasteiger partial charge >= 0.3 is 0 Å². The Morgan fingerprint density at radius 1 is 1.06 bits per heavy atom. The molecule has 0 heterocycles. The van der Waals surface area contributed by atoms with Gasteiger partial charge in [-0.1, -0.05) is 37.3 Å². The van der Waals surface area contributed by atoms with Gasteiger partial charge < -0.3 is 10.1 Å². The van der Waals surface area contributed by atoms with Crippen LogP contribution in [-0.2, 0) is 19.3 Å². The number of hydrogen-bond acceptors (Lipinski definition) is 3. The van der Waals surface area contributed by atoms with Gasteiger partial charge in [-0.2, -0.15) is 0 Å². The average Bonchev–Trinajstić information content (AvgIpc) is 3.15. The average molecular weight is 420 g/mol. The lowest BCUT2D eigenvalue weighted by molar-refractivity contribution is 0.0975. The van der Waals surface area contributed by atoms with E-state index in [1.165, 1.54) is 44.1 Å². The number of rotatable bonds is 9. The van der Waals surface area contributed by atoms with Gasteiger partial charge in [-0.15, -0.1) is 0 Å². The van der Waals surface area contributed by atoms with Crippen molar-refractivity contribution in [2.75, 3.05) is 13.2 Å². The highest BCUT2D eigenvalue weighted by Gasteiger charge is 2.40. The fraction of sp³-hybridized carbons (Fsp3) is 0.536. The lowest BCUT2D eigenvalue weighted by atomic mass is 9.70. The van der Waals surface area contributed by atoms with Crippen LogP contribution in [0.3, 0.4) is 0 Å². The van der Waals surface area contributed by atoms with E-state index >= 15 is 0 Å². The minimum absolute atomic E-state index is 0.184. The number of benzene rings is 2. The van der Waals surface area contributed by atoms with E-state index in [-0.39, 0.29) is 5.78 Å². The van der Waals surface area contributed by atoms with Crippen LogP contribution in [0.15, 0.2) is 42.5 Å². The van der Waals surface area contributed by atoms with Crippen LogP contribution >= 0.6 is 0 Å². The molecule has 0 aliphatic heterocycles. The van der Waals surface area contributed by atoms with Crippen LogP contribution in [0, 0.1) is 5.41 Å². The van der Waals surface area contributed by atoms with Crippen LogP contribution in [0.5, 0.6) is 5.75 Å². The Kier molecular flexibility index (Phi) is 7.12. The van der Waals surface area contributed by atoms with Crippen molar-refractivity contribution >= 4 is 5.78 Å². The first-order valence-corrected chi connectivity index (χ1v) is 12.2. The standard InChI is InChI=1S/C28H37NO2/c1-3-21-11-12-22-19-28(20-23(22)18-21)15-13-24(14-16-28)29-17-7-9-26(30)25-8-5-6-10-27(25)31-4-2/h5-6,8,10-12,18,24,29H,3-4,7,9,13-17,19-20H2,1-2H3. The summed E-state index contributed by atoms with van der Waals surface area (Å²) in [5, 5.41) is 3.73. The monoisotopic (exact) mass is 419 g/mol. The van der Waals surface area contributed by atoms with Crippen molar-refractivity contribution < 1.29 is 9.53 Å². The molecule has 166 valence electrons. The number of ketones is 1. The second-order valence-electron chi connectivity index (χ2n) is 9.49. The molecule has 1 fully saturated rings. The molecule has 3 heteroatoms. The smallest absolute Gasteiger partial charge is 0.166 e. The summed E-state index contributed by atoms with van der Waals surface area (Å²) in [7, 11) is 0. The van der Waals surface area contributed by atoms with E-state index in [2.05, 4.69) is 30.4 Å². The Balaban J connectivity index is 1.20. The molecule has 1 N–H and O–H groups in total. The molecule has 0 unspecified atom stereocenters. The molecular formula is C28H37NO2. The molecule has 4 rings (SSSR count). The highest BCUT2D eigenvalue weighted by Crippen LogP contribution is 2.47. The summed E-state index contributed by atoms with van der Waals surface area (Å²) in [4.78, 5) is 12.6. The van der Waals surface area contributed by atoms with Crippen molar-refractivity contribution in [3.8, 4) is 5.75 Å². The van der Waals surface area contributed by atoms with Gasteiger partial charge in [0.1, 0.15) is 5.75 Å². The Morgan fingerprint density at radius 2 is 1.84 bits per heavy atom. The normalized spacial score (nSPS) is 22.5. The summed E-state index contributed by atoms with van der Waals surface area (Å²) in [6.45, 7) is 5.70. The lowest BCUT2D eigenvalue weighted by Gasteiger charge is -2.37. The van der Waals surface area contributed by atoms with Gasteiger partial charge in [0.2, 0.25) is 0 Å². The van der Waals surface area contributed by atoms with Crippen molar-refractivity contribution in [1.29, 1.82) is 0 Å². The molecule has 0 radical (unpaired) electrons. The molecule has 3 nitrogen and oxygen atoms in total. The maximum atomic E-state index is 12.6. The maximum absolute atomic E-state index is 12.6. The number of carbonyl (C=O) groups excluding carboxylic acids is 1. The maximum Gasteiger partial charge on any atom is 0.166 e. The van der Waals surface area contributed by atoms with E-state index in [0.29, 0.717) is 30.2 Å². The number of nitrogens with one attached hydrogen (secondary N) is 1. The predicted octanol–water partition coefficient (Wildman–Crippen LogP) is 5.93. The molecule has 0 amide bonds. The third kappa shape index (κ3) is 5.20.